The van der Waals surface area contributed by atoms with E-state index in [1.54, 1.807) is 108 Å². The van der Waals surface area contributed by atoms with Gasteiger partial charge < -0.3 is 82.5 Å². The summed E-state index contributed by atoms with van der Waals surface area (Å²) in [5.74, 6) is -2.74. The number of carbonyl (C=O) groups excluding carboxylic acids is 9. The fraction of sp³-hybridized carbons (Fsp3) is 0.351. The second-order valence-electron chi connectivity index (χ2n) is 26.7. The van der Waals surface area contributed by atoms with E-state index in [-0.39, 0.29) is 60.9 Å². The van der Waals surface area contributed by atoms with Crippen LogP contribution in [0, 0.1) is 27.7 Å². The molecule has 4 aromatic heterocycles. The van der Waals surface area contributed by atoms with Crippen molar-refractivity contribution in [3.8, 4) is 22.3 Å². The van der Waals surface area contributed by atoms with Gasteiger partial charge in [0.2, 0.25) is 11.6 Å². The number of amides is 7. The summed E-state index contributed by atoms with van der Waals surface area (Å²) in [6.07, 6.45) is 9.55. The summed E-state index contributed by atoms with van der Waals surface area (Å²) in [5, 5.41) is 11.0. The van der Waals surface area contributed by atoms with E-state index < -0.39 is 79.0 Å². The Morgan fingerprint density at radius 3 is 1.62 bits per heavy atom. The molecule has 0 saturated carbocycles. The summed E-state index contributed by atoms with van der Waals surface area (Å²) in [7, 11) is 9.47. The summed E-state index contributed by atoms with van der Waals surface area (Å²) in [6, 6.07) is 23.9. The second-order valence-corrected chi connectivity index (χ2v) is 26.7. The Balaban J connectivity index is 0.000000206. The number of benzene rings is 4. The number of aryl methyl sites for hydroxylation is 8. The molecule has 3 saturated heterocycles. The minimum atomic E-state index is -1.08. The molecule has 0 bridgehead atoms. The smallest absolute Gasteiger partial charge is 0.416 e. The number of nitrogens with zero attached hydrogens (tertiary/aromatic N) is 10. The van der Waals surface area contributed by atoms with E-state index in [0.29, 0.717) is 77.7 Å². The van der Waals surface area contributed by atoms with Gasteiger partial charge in [0.1, 0.15) is 37.3 Å². The van der Waals surface area contributed by atoms with E-state index in [1.165, 1.54) is 40.5 Å². The van der Waals surface area contributed by atoms with Crippen molar-refractivity contribution in [2.45, 2.75) is 96.6 Å². The number of nitrogens with one attached hydrogen (secondary N) is 4. The molecule has 4 N–H and O–H groups in total. The van der Waals surface area contributed by atoms with Crippen molar-refractivity contribution in [3.63, 3.8) is 0 Å². The lowest BCUT2D eigenvalue weighted by molar-refractivity contribution is -0.201. The summed E-state index contributed by atoms with van der Waals surface area (Å²) >= 11 is 0. The standard InChI is InChI=1S/C43H49N7O10.C34H35N7O6/c1-7-17-58-43(55)50-31-20-26(3)25(2)19-30(31)40(53)49-16-15-33(37(49)41(50)60-36-10-8-9-18-57-36)59-24-35(51)45-34-23-48(5)38(46-34)39(52)44-29-13-11-27(12-14-29)28-21-32(42(54)56-6)47(4)22-28;1-19-12-24-25(13-20(19)2)35-15-27-28(10-11-41(27)33(24)44)47-18-30(42)37-29-17-40(4)31(38-29)32(43)36-23-8-6-21(7-9-23)22-14-26(34(45)46-5)39(3)16-22/h7,11-14,19-23,33,36-37,41H,1,8-10,15-18,24H2,2-6H3,(H,44,52)(H,45,51);6-9,12-17,27-28H,10-11,18H2,1-5H3,(H,36,43)(H,37,42)/t33-,36?,37-,41?;27-,28+/m01/s1. The van der Waals surface area contributed by atoms with Gasteiger partial charge >= 0.3 is 18.0 Å². The third-order valence-electron chi connectivity index (χ3n) is 19.4. The Hall–Kier alpha value is -11.9. The Morgan fingerprint density at radius 2 is 1.08 bits per heavy atom. The van der Waals surface area contributed by atoms with E-state index >= 15 is 0 Å². The Morgan fingerprint density at radius 1 is 0.579 bits per heavy atom. The van der Waals surface area contributed by atoms with Gasteiger partial charge in [-0.25, -0.2) is 29.3 Å². The highest BCUT2D eigenvalue weighted by Crippen LogP contribution is 2.41. The number of hydrogen-bond donors (Lipinski definition) is 4. The van der Waals surface area contributed by atoms with E-state index in [2.05, 4.69) is 42.8 Å². The minimum absolute atomic E-state index is 0.0443. The molecule has 4 aromatic carbocycles. The number of fused-ring (bicyclic) bond motifs is 4. The zero-order chi connectivity index (χ0) is 76.1. The number of hydrogen-bond acceptors (Lipinski definition) is 19. The molecule has 5 aliphatic heterocycles. The molecule has 13 rings (SSSR count). The van der Waals surface area contributed by atoms with Crippen LogP contribution in [-0.2, 0) is 70.9 Å². The van der Waals surface area contributed by atoms with Crippen molar-refractivity contribution < 1.29 is 76.3 Å². The maximum atomic E-state index is 14.3. The van der Waals surface area contributed by atoms with E-state index in [0.717, 1.165) is 57.3 Å². The number of anilines is 5. The quantitative estimate of drug-likeness (QED) is 0.0313. The number of methoxy groups -OCH3 is 2. The molecule has 2 unspecified atom stereocenters. The lowest BCUT2D eigenvalue weighted by Crippen LogP contribution is -2.57. The topological polar surface area (TPSA) is 334 Å². The third kappa shape index (κ3) is 16.3. The van der Waals surface area contributed by atoms with Crippen LogP contribution in [0.1, 0.15) is 117 Å². The highest BCUT2D eigenvalue weighted by atomic mass is 16.7. The molecule has 30 heteroatoms. The minimum Gasteiger partial charge on any atom is -0.464 e. The van der Waals surface area contributed by atoms with Crippen LogP contribution < -0.4 is 26.2 Å². The van der Waals surface area contributed by atoms with Gasteiger partial charge in [0, 0.05) is 101 Å². The normalized spacial score (nSPS) is 18.5. The Kier molecular flexibility index (Phi) is 22.6. The van der Waals surface area contributed by atoms with Crippen LogP contribution in [0.5, 0.6) is 0 Å². The maximum absolute atomic E-state index is 14.3. The van der Waals surface area contributed by atoms with Gasteiger partial charge in [0.05, 0.1) is 55.0 Å². The molecule has 5 aliphatic rings. The van der Waals surface area contributed by atoms with Gasteiger partial charge in [-0.2, -0.15) is 0 Å². The third-order valence-corrected chi connectivity index (χ3v) is 19.4. The SMILES string of the molecule is C=CCOC(=O)N1c2cc(C)c(C)cc2C(=O)N2CC[C@H](OCC(=O)Nc3cn(C)c(C(=O)Nc4ccc(-c5cc(C(=O)OC)n(C)c5)cc4)n3)[C@H]2C1OC1CCCCO1.COC(=O)c1cc(-c2ccc(NC(=O)c3nc(NC(=O)CO[C@H]4CCN5C(=O)c6cc(C)c(C)cc6N=C[C@H]45)cn3C)cc2)cn1C. The average molecular weight is 1460 g/mol. The molecule has 0 spiro atoms. The summed E-state index contributed by atoms with van der Waals surface area (Å²) in [4.78, 5) is 136. The Labute approximate surface area is 616 Å². The molecule has 558 valence electrons. The highest BCUT2D eigenvalue weighted by molar-refractivity contribution is 6.07. The summed E-state index contributed by atoms with van der Waals surface area (Å²) < 4.78 is 46.4. The first-order chi connectivity index (χ1) is 51.4. The molecule has 7 amide bonds. The van der Waals surface area contributed by atoms with Crippen LogP contribution in [0.15, 0.2) is 127 Å². The predicted octanol–water partition coefficient (Wildman–Crippen LogP) is 9.37. The first-order valence-electron chi connectivity index (χ1n) is 34.8. The van der Waals surface area contributed by atoms with Gasteiger partial charge in [-0.1, -0.05) is 36.9 Å². The fourth-order valence-electron chi connectivity index (χ4n) is 13.6. The van der Waals surface area contributed by atoms with Gasteiger partial charge in [0.15, 0.2) is 24.2 Å². The number of carbonyl (C=O) groups is 9. The number of aromatic nitrogens is 6. The van der Waals surface area contributed by atoms with Crippen LogP contribution in [-0.4, -0.2) is 188 Å². The van der Waals surface area contributed by atoms with Gasteiger partial charge in [-0.15, -0.1) is 0 Å². The van der Waals surface area contributed by atoms with Crippen LogP contribution >= 0.6 is 0 Å². The predicted molar refractivity (Wildman–Crippen MR) is 395 cm³/mol. The van der Waals surface area contributed by atoms with Gasteiger partial charge in [-0.3, -0.25) is 33.8 Å². The average Bonchev–Trinajstić information content (AvgIpc) is 1.61. The molecule has 3 fully saturated rings. The summed E-state index contributed by atoms with van der Waals surface area (Å²) in [5.41, 5.74) is 10.9. The first-order valence-corrected chi connectivity index (χ1v) is 34.8. The van der Waals surface area contributed by atoms with Gasteiger partial charge in [0.25, 0.3) is 35.4 Å². The number of ether oxygens (including phenoxy) is 7. The first kappa shape index (κ1) is 74.8. The number of imidazole rings is 2. The van der Waals surface area contributed by atoms with Crippen LogP contribution in [0.25, 0.3) is 22.3 Å². The highest BCUT2D eigenvalue weighted by Gasteiger charge is 2.52. The zero-order valence-electron chi connectivity index (χ0n) is 61.0. The number of rotatable bonds is 20. The van der Waals surface area contributed by atoms with Crippen LogP contribution in [0.3, 0.4) is 0 Å². The zero-order valence-corrected chi connectivity index (χ0v) is 61.0. The van der Waals surface area contributed by atoms with Crippen molar-refractivity contribution in [3.05, 3.63) is 179 Å². The van der Waals surface area contributed by atoms with Crippen molar-refractivity contribution in [2.75, 3.05) is 79.9 Å². The monoisotopic (exact) mass is 1460 g/mol. The molecule has 8 aromatic rings. The van der Waals surface area contributed by atoms with Crippen molar-refractivity contribution in [2.24, 2.45) is 33.2 Å². The van der Waals surface area contributed by atoms with E-state index in [4.69, 9.17) is 33.2 Å². The van der Waals surface area contributed by atoms with E-state index in [1.807, 2.05) is 76.5 Å². The molecular formula is C77H84N14O16. The largest absolute Gasteiger partial charge is 0.464 e. The molecule has 107 heavy (non-hydrogen) atoms. The van der Waals surface area contributed by atoms with Crippen molar-refractivity contribution in [1.29, 1.82) is 0 Å². The molecule has 6 atom stereocenters. The van der Waals surface area contributed by atoms with Crippen LogP contribution in [0.2, 0.25) is 0 Å². The Bertz CT molecular complexity index is 4810. The number of aliphatic imine (C=N–C) groups is 1. The maximum Gasteiger partial charge on any atom is 0.416 e. The number of esters is 2. The fourth-order valence-corrected chi connectivity index (χ4v) is 13.6. The molecule has 9 heterocycles. The lowest BCUT2D eigenvalue weighted by atomic mass is 10.0. The second kappa shape index (κ2) is 32.2. The molecular weight excluding hydrogens is 1380 g/mol. The molecule has 30 nitrogen and oxygen atoms in total. The van der Waals surface area contributed by atoms with Crippen molar-refractivity contribution >= 4 is 94.1 Å². The van der Waals surface area contributed by atoms with E-state index in [9.17, 15) is 43.2 Å². The van der Waals surface area contributed by atoms with Crippen LogP contribution in [0.4, 0.5) is 39.2 Å². The molecule has 0 radical (unpaired) electrons. The van der Waals surface area contributed by atoms with Crippen molar-refractivity contribution in [1.82, 2.24) is 38.0 Å². The van der Waals surface area contributed by atoms with Gasteiger partial charge in [-0.05, 0) is 154 Å². The molecule has 0 aliphatic carbocycles. The summed E-state index contributed by atoms with van der Waals surface area (Å²) in [6.45, 7) is 12.0. The lowest BCUT2D eigenvalue weighted by Gasteiger charge is -2.39.